The average molecular weight is 497 g/mol. The van der Waals surface area contributed by atoms with Crippen LogP contribution in [0.4, 0.5) is 5.82 Å². The Morgan fingerprint density at radius 1 is 0.971 bits per heavy atom. The molecule has 0 aliphatic carbocycles. The van der Waals surface area contributed by atoms with E-state index in [0.717, 1.165) is 0 Å². The van der Waals surface area contributed by atoms with Crippen molar-refractivity contribution in [3.05, 3.63) is 24.8 Å². The summed E-state index contributed by atoms with van der Waals surface area (Å²) >= 11 is 0. The molecule has 0 fully saturated rings. The number of carbonyl (C=O) groups excluding carboxylic acids is 2. The third-order valence-electron chi connectivity index (χ3n) is 4.33. The van der Waals surface area contributed by atoms with Crippen LogP contribution in [0.3, 0.4) is 0 Å². The number of allylic oxidation sites excluding steroid dienone is 2. The molecular formula is C21H32N5O7P. The van der Waals surface area contributed by atoms with Crippen molar-refractivity contribution in [3.8, 4) is 0 Å². The molecule has 0 atom stereocenters. The van der Waals surface area contributed by atoms with Crippen LogP contribution >= 0.6 is 7.60 Å². The fourth-order valence-electron chi connectivity index (χ4n) is 2.32. The molecule has 12 nitrogen and oxygen atoms in total. The van der Waals surface area contributed by atoms with Gasteiger partial charge in [-0.15, -0.1) is 0 Å². The minimum Gasteiger partial charge on any atom is -0.438 e. The maximum atomic E-state index is 13.2. The molecule has 0 unspecified atom stereocenters. The first kappa shape index (κ1) is 27.4. The summed E-state index contributed by atoms with van der Waals surface area (Å²) in [4.78, 5) is 36.1. The van der Waals surface area contributed by atoms with E-state index in [1.807, 2.05) is 0 Å². The number of esters is 2. The van der Waals surface area contributed by atoms with E-state index in [2.05, 4.69) is 15.0 Å². The molecule has 34 heavy (non-hydrogen) atoms. The van der Waals surface area contributed by atoms with Gasteiger partial charge in [0.05, 0.1) is 23.3 Å². The Bertz CT molecular complexity index is 1050. The molecule has 0 saturated carbocycles. The molecule has 0 aromatic carbocycles. The molecule has 2 rings (SSSR count). The van der Waals surface area contributed by atoms with Crippen LogP contribution in [0.2, 0.25) is 0 Å². The third kappa shape index (κ3) is 7.89. The van der Waals surface area contributed by atoms with Gasteiger partial charge in [-0.2, -0.15) is 0 Å². The second-order valence-corrected chi connectivity index (χ2v) is 11.6. The molecule has 0 bridgehead atoms. The van der Waals surface area contributed by atoms with Gasteiger partial charge in [-0.1, -0.05) is 12.2 Å². The maximum Gasteiger partial charge on any atom is 0.340 e. The normalized spacial score (nSPS) is 12.9. The summed E-state index contributed by atoms with van der Waals surface area (Å²) in [5.41, 5.74) is 5.31. The van der Waals surface area contributed by atoms with Crippen molar-refractivity contribution >= 4 is 36.5 Å². The van der Waals surface area contributed by atoms with E-state index < -0.39 is 44.0 Å². The van der Waals surface area contributed by atoms with Crippen LogP contribution in [-0.2, 0) is 39.2 Å². The smallest absolute Gasteiger partial charge is 0.340 e. The van der Waals surface area contributed by atoms with Crippen LogP contribution < -0.4 is 5.73 Å². The molecule has 13 heteroatoms. The molecule has 0 aliphatic heterocycles. The lowest BCUT2D eigenvalue weighted by Gasteiger charge is -2.21. The maximum absolute atomic E-state index is 13.2. The summed E-state index contributed by atoms with van der Waals surface area (Å²) in [6, 6.07) is 0. The standard InChI is InChI=1S/C21H32N5O7P/c1-20(2,3)18(27)30-13-32-34(29,33-14-31-19(28)21(4,5)6)10-8-7-9-26-12-25-15-16(22)23-11-24-17(15)26/h7-8,11-12H,9-10,13-14H2,1-6H3,(H2,22,23,24)/b8-7+. The average Bonchev–Trinajstić information content (AvgIpc) is 3.14. The van der Waals surface area contributed by atoms with Gasteiger partial charge in [-0.05, 0) is 41.5 Å². The highest BCUT2D eigenvalue weighted by molar-refractivity contribution is 7.54. The van der Waals surface area contributed by atoms with E-state index in [9.17, 15) is 14.2 Å². The van der Waals surface area contributed by atoms with E-state index in [1.165, 1.54) is 6.33 Å². The monoisotopic (exact) mass is 497 g/mol. The third-order valence-corrected chi connectivity index (χ3v) is 5.99. The molecular weight excluding hydrogens is 465 g/mol. The number of hydrogen-bond donors (Lipinski definition) is 1. The van der Waals surface area contributed by atoms with Gasteiger partial charge in [0.1, 0.15) is 11.8 Å². The first-order valence-corrected chi connectivity index (χ1v) is 12.2. The van der Waals surface area contributed by atoms with E-state index in [0.29, 0.717) is 17.7 Å². The number of aromatic nitrogens is 4. The quantitative estimate of drug-likeness (QED) is 0.222. The largest absolute Gasteiger partial charge is 0.438 e. The Balaban J connectivity index is 2.01. The molecule has 2 heterocycles. The zero-order chi connectivity index (χ0) is 25.6. The highest BCUT2D eigenvalue weighted by Crippen LogP contribution is 2.48. The molecule has 0 amide bonds. The second-order valence-electron chi connectivity index (χ2n) is 9.45. The number of hydrogen-bond acceptors (Lipinski definition) is 11. The van der Waals surface area contributed by atoms with Crippen molar-refractivity contribution in [1.82, 2.24) is 19.5 Å². The minimum absolute atomic E-state index is 0.156. The van der Waals surface area contributed by atoms with E-state index in [1.54, 1.807) is 64.6 Å². The van der Waals surface area contributed by atoms with Gasteiger partial charge in [-0.3, -0.25) is 23.2 Å². The van der Waals surface area contributed by atoms with Gasteiger partial charge >= 0.3 is 19.5 Å². The fraction of sp³-hybridized carbons (Fsp3) is 0.571. The Morgan fingerprint density at radius 3 is 2.06 bits per heavy atom. The van der Waals surface area contributed by atoms with Gasteiger partial charge < -0.3 is 19.8 Å². The molecule has 0 radical (unpaired) electrons. The second kappa shape index (κ2) is 11.1. The van der Waals surface area contributed by atoms with E-state index in [-0.39, 0.29) is 12.0 Å². The topological polar surface area (TPSA) is 158 Å². The SMILES string of the molecule is CC(C)(C)C(=O)OCOP(=O)(C/C=C/Cn1cnc2c(N)ncnc21)OCOC(=O)C(C)(C)C. The lowest BCUT2D eigenvalue weighted by Crippen LogP contribution is -2.25. The van der Waals surface area contributed by atoms with Crippen LogP contribution in [-0.4, -0.2) is 51.2 Å². The summed E-state index contributed by atoms with van der Waals surface area (Å²) in [5, 5.41) is 0. The van der Waals surface area contributed by atoms with Gasteiger partial charge in [0, 0.05) is 6.54 Å². The van der Waals surface area contributed by atoms with Gasteiger partial charge in [0.15, 0.2) is 11.5 Å². The number of nitrogens with zero attached hydrogens (tertiary/aromatic N) is 4. The predicted octanol–water partition coefficient (Wildman–Crippen LogP) is 3.28. The number of anilines is 1. The fourth-order valence-corrected chi connectivity index (χ4v) is 3.44. The highest BCUT2D eigenvalue weighted by atomic mass is 31.2. The summed E-state index contributed by atoms with van der Waals surface area (Å²) < 4.78 is 35.5. The summed E-state index contributed by atoms with van der Waals surface area (Å²) in [7, 11) is -3.81. The molecule has 0 aliphatic rings. The summed E-state index contributed by atoms with van der Waals surface area (Å²) in [6.45, 7) is 9.28. The Morgan fingerprint density at radius 2 is 1.53 bits per heavy atom. The molecule has 0 saturated heterocycles. The van der Waals surface area contributed by atoms with Crippen LogP contribution in [0.15, 0.2) is 24.8 Å². The molecule has 188 valence electrons. The van der Waals surface area contributed by atoms with Crippen molar-refractivity contribution in [1.29, 1.82) is 0 Å². The Hall–Kier alpha value is -2.82. The molecule has 0 spiro atoms. The number of ether oxygens (including phenoxy) is 2. The summed E-state index contributed by atoms with van der Waals surface area (Å²) in [6.07, 6.45) is 6.03. The predicted molar refractivity (Wildman–Crippen MR) is 124 cm³/mol. The van der Waals surface area contributed by atoms with Gasteiger partial charge in [-0.25, -0.2) is 15.0 Å². The van der Waals surface area contributed by atoms with Crippen LogP contribution in [0, 0.1) is 10.8 Å². The van der Waals surface area contributed by atoms with Crippen molar-refractivity contribution in [2.45, 2.75) is 48.1 Å². The first-order chi connectivity index (χ1) is 15.7. The lowest BCUT2D eigenvalue weighted by molar-refractivity contribution is -0.161. The van der Waals surface area contributed by atoms with E-state index in [4.69, 9.17) is 24.3 Å². The van der Waals surface area contributed by atoms with Gasteiger partial charge in [0.25, 0.3) is 0 Å². The summed E-state index contributed by atoms with van der Waals surface area (Å²) in [5.74, 6) is -0.780. The number of rotatable bonds is 10. The minimum atomic E-state index is -3.81. The number of imidazole rings is 1. The van der Waals surface area contributed by atoms with Crippen molar-refractivity contribution in [2.75, 3.05) is 25.5 Å². The molecule has 2 aromatic heterocycles. The van der Waals surface area contributed by atoms with Crippen molar-refractivity contribution < 1.29 is 32.7 Å². The lowest BCUT2D eigenvalue weighted by atomic mass is 9.98. The van der Waals surface area contributed by atoms with Gasteiger partial charge in [0.2, 0.25) is 13.6 Å². The van der Waals surface area contributed by atoms with Crippen LogP contribution in [0.5, 0.6) is 0 Å². The Kier molecular flexibility index (Phi) is 8.93. The number of nitrogens with two attached hydrogens (primary N) is 1. The zero-order valence-corrected chi connectivity index (χ0v) is 21.2. The highest BCUT2D eigenvalue weighted by Gasteiger charge is 2.29. The molecule has 2 aromatic rings. The first-order valence-electron chi connectivity index (χ1n) is 10.5. The van der Waals surface area contributed by atoms with Crippen LogP contribution in [0.25, 0.3) is 11.2 Å². The Labute approximate surface area is 198 Å². The number of nitrogen functional groups attached to an aromatic ring is 1. The van der Waals surface area contributed by atoms with E-state index >= 15 is 0 Å². The zero-order valence-electron chi connectivity index (χ0n) is 20.3. The van der Waals surface area contributed by atoms with Crippen molar-refractivity contribution in [2.24, 2.45) is 10.8 Å². The van der Waals surface area contributed by atoms with Crippen molar-refractivity contribution in [3.63, 3.8) is 0 Å². The number of fused-ring (bicyclic) bond motifs is 1. The molecule has 2 N–H and O–H groups in total. The number of carbonyl (C=O) groups is 2. The van der Waals surface area contributed by atoms with Crippen LogP contribution in [0.1, 0.15) is 41.5 Å².